The Kier molecular flexibility index (Phi) is 5.76. The first-order valence-electron chi connectivity index (χ1n) is 6.94. The lowest BCUT2D eigenvalue weighted by atomic mass is 10.1. The lowest BCUT2D eigenvalue weighted by Crippen LogP contribution is -2.30. The minimum atomic E-state index is 0.724. The van der Waals surface area contributed by atoms with Crippen molar-refractivity contribution in [1.29, 1.82) is 0 Å². The summed E-state index contributed by atoms with van der Waals surface area (Å²) < 4.78 is 1.09. The Balaban J connectivity index is 1.93. The molecule has 0 aliphatic heterocycles. The van der Waals surface area contributed by atoms with Crippen LogP contribution in [0, 0.1) is 0 Å². The topological polar surface area (TPSA) is 15.3 Å². The zero-order valence-corrected chi connectivity index (χ0v) is 14.7. The van der Waals surface area contributed by atoms with E-state index in [0.29, 0.717) is 0 Å². The zero-order valence-electron chi connectivity index (χ0n) is 12.3. The summed E-state index contributed by atoms with van der Waals surface area (Å²) in [5.41, 5.74) is 3.58. The summed E-state index contributed by atoms with van der Waals surface area (Å²) in [5, 5.41) is 4.00. The average Bonchev–Trinajstić information content (AvgIpc) is 2.50. The Morgan fingerprint density at radius 3 is 2.19 bits per heavy atom. The van der Waals surface area contributed by atoms with Crippen LogP contribution in [0.4, 0.5) is 5.69 Å². The molecule has 2 rings (SSSR count). The molecule has 0 aromatic heterocycles. The predicted molar refractivity (Wildman–Crippen MR) is 97.6 cm³/mol. The van der Waals surface area contributed by atoms with E-state index >= 15 is 0 Å². The monoisotopic (exact) mass is 362 g/mol. The second-order valence-corrected chi connectivity index (χ2v) is 6.27. The van der Waals surface area contributed by atoms with Crippen molar-refractivity contribution in [2.45, 2.75) is 19.9 Å². The van der Waals surface area contributed by atoms with Gasteiger partial charge in [-0.1, -0.05) is 47.1 Å². The molecule has 2 aromatic carbocycles. The van der Waals surface area contributed by atoms with Crippen molar-refractivity contribution < 1.29 is 0 Å². The van der Waals surface area contributed by atoms with Gasteiger partial charge in [0.2, 0.25) is 0 Å². The Hall–Kier alpha value is -1.39. The highest BCUT2D eigenvalue weighted by Gasteiger charge is 2.05. The number of halogens is 1. The fourth-order valence-electron chi connectivity index (χ4n) is 1.98. The number of rotatable bonds is 4. The number of nitrogens with zero attached hydrogens (tertiary/aromatic N) is 1. The van der Waals surface area contributed by atoms with Crippen molar-refractivity contribution >= 4 is 38.9 Å². The van der Waals surface area contributed by atoms with Crippen molar-refractivity contribution in [3.63, 3.8) is 0 Å². The van der Waals surface area contributed by atoms with E-state index in [2.05, 4.69) is 64.6 Å². The third-order valence-corrected chi connectivity index (χ3v) is 4.24. The summed E-state index contributed by atoms with van der Waals surface area (Å²) in [7, 11) is 2.00. The van der Waals surface area contributed by atoms with Crippen molar-refractivity contribution in [2.75, 3.05) is 12.4 Å². The number of anilines is 1. The molecular weight excluding hydrogens is 344 g/mol. The van der Waals surface area contributed by atoms with Gasteiger partial charge in [0, 0.05) is 23.8 Å². The smallest absolute Gasteiger partial charge is 0.173 e. The summed E-state index contributed by atoms with van der Waals surface area (Å²) in [6, 6.07) is 16.7. The van der Waals surface area contributed by atoms with Crippen LogP contribution >= 0.6 is 28.1 Å². The predicted octanol–water partition coefficient (Wildman–Crippen LogP) is 4.84. The molecule has 0 unspecified atom stereocenters. The highest BCUT2D eigenvalue weighted by molar-refractivity contribution is 9.10. The van der Waals surface area contributed by atoms with Crippen LogP contribution in [0.15, 0.2) is 53.0 Å². The van der Waals surface area contributed by atoms with Crippen molar-refractivity contribution in [3.8, 4) is 0 Å². The van der Waals surface area contributed by atoms with Crippen LogP contribution in [0.3, 0.4) is 0 Å². The fraction of sp³-hybridized carbons (Fsp3) is 0.235. The SMILES string of the molecule is CCc1ccc(NC(=S)N(C)Cc2ccc(Br)cc2)cc1. The zero-order chi connectivity index (χ0) is 15.2. The minimum absolute atomic E-state index is 0.724. The van der Waals surface area contributed by atoms with Gasteiger partial charge >= 0.3 is 0 Å². The van der Waals surface area contributed by atoms with E-state index < -0.39 is 0 Å². The standard InChI is InChI=1S/C17H19BrN2S/c1-3-13-6-10-16(11-7-13)19-17(21)20(2)12-14-4-8-15(18)9-5-14/h4-11H,3,12H2,1-2H3,(H,19,21). The molecule has 0 aliphatic rings. The molecule has 0 saturated heterocycles. The van der Waals surface area contributed by atoms with E-state index in [0.717, 1.165) is 28.2 Å². The lowest BCUT2D eigenvalue weighted by molar-refractivity contribution is 0.508. The largest absolute Gasteiger partial charge is 0.348 e. The lowest BCUT2D eigenvalue weighted by Gasteiger charge is -2.21. The Morgan fingerprint density at radius 2 is 1.62 bits per heavy atom. The van der Waals surface area contributed by atoms with E-state index in [-0.39, 0.29) is 0 Å². The van der Waals surface area contributed by atoms with Crippen LogP contribution in [0.1, 0.15) is 18.1 Å². The van der Waals surface area contributed by atoms with Gasteiger partial charge in [0.1, 0.15) is 0 Å². The van der Waals surface area contributed by atoms with Crippen LogP contribution in [-0.2, 0) is 13.0 Å². The van der Waals surface area contributed by atoms with Gasteiger partial charge in [-0.15, -0.1) is 0 Å². The number of aryl methyl sites for hydroxylation is 1. The first kappa shape index (κ1) is 16.0. The molecule has 1 N–H and O–H groups in total. The molecule has 0 amide bonds. The van der Waals surface area contributed by atoms with Gasteiger partial charge < -0.3 is 10.2 Å². The Bertz CT molecular complexity index is 593. The molecule has 0 radical (unpaired) electrons. The number of nitrogens with one attached hydrogen (secondary N) is 1. The summed E-state index contributed by atoms with van der Waals surface area (Å²) in [6.45, 7) is 2.94. The Labute approximate surface area is 140 Å². The maximum absolute atomic E-state index is 5.45. The maximum Gasteiger partial charge on any atom is 0.173 e. The van der Waals surface area contributed by atoms with Crippen LogP contribution in [-0.4, -0.2) is 17.1 Å². The second-order valence-electron chi connectivity index (χ2n) is 4.96. The first-order valence-corrected chi connectivity index (χ1v) is 8.14. The number of thiocarbonyl (C=S) groups is 1. The molecule has 0 atom stereocenters. The van der Waals surface area contributed by atoms with Crippen LogP contribution in [0.5, 0.6) is 0 Å². The van der Waals surface area contributed by atoms with E-state index in [1.165, 1.54) is 11.1 Å². The van der Waals surface area contributed by atoms with E-state index in [9.17, 15) is 0 Å². The third-order valence-electron chi connectivity index (χ3n) is 3.29. The second kappa shape index (κ2) is 7.57. The van der Waals surface area contributed by atoms with Crippen LogP contribution < -0.4 is 5.32 Å². The summed E-state index contributed by atoms with van der Waals surface area (Å²) >= 11 is 8.90. The summed E-state index contributed by atoms with van der Waals surface area (Å²) in [4.78, 5) is 2.03. The van der Waals surface area contributed by atoms with Gasteiger partial charge in [0.25, 0.3) is 0 Å². The molecule has 0 heterocycles. The maximum atomic E-state index is 5.45. The molecular formula is C17H19BrN2S. The molecule has 0 bridgehead atoms. The van der Waals surface area contributed by atoms with Crippen LogP contribution in [0.2, 0.25) is 0 Å². The van der Waals surface area contributed by atoms with Gasteiger partial charge in [-0.05, 0) is 54.0 Å². The first-order chi connectivity index (χ1) is 10.1. The highest BCUT2D eigenvalue weighted by Crippen LogP contribution is 2.14. The van der Waals surface area contributed by atoms with Crippen molar-refractivity contribution in [2.24, 2.45) is 0 Å². The van der Waals surface area contributed by atoms with E-state index in [1.807, 2.05) is 24.1 Å². The molecule has 2 aromatic rings. The fourth-order valence-corrected chi connectivity index (χ4v) is 2.42. The minimum Gasteiger partial charge on any atom is -0.348 e. The molecule has 110 valence electrons. The molecule has 4 heteroatoms. The summed E-state index contributed by atoms with van der Waals surface area (Å²) in [6.07, 6.45) is 1.05. The third kappa shape index (κ3) is 4.83. The van der Waals surface area contributed by atoms with Gasteiger partial charge in [-0.3, -0.25) is 0 Å². The van der Waals surface area contributed by atoms with Crippen molar-refractivity contribution in [1.82, 2.24) is 4.90 Å². The quantitative estimate of drug-likeness (QED) is 0.783. The van der Waals surface area contributed by atoms with E-state index in [1.54, 1.807) is 0 Å². The molecule has 21 heavy (non-hydrogen) atoms. The van der Waals surface area contributed by atoms with Crippen molar-refractivity contribution in [3.05, 3.63) is 64.1 Å². The molecule has 0 spiro atoms. The van der Waals surface area contributed by atoms with Gasteiger partial charge in [-0.25, -0.2) is 0 Å². The molecule has 0 aliphatic carbocycles. The molecule has 2 nitrogen and oxygen atoms in total. The van der Waals surface area contributed by atoms with Gasteiger partial charge in [0.15, 0.2) is 5.11 Å². The number of hydrogen-bond acceptors (Lipinski definition) is 1. The summed E-state index contributed by atoms with van der Waals surface area (Å²) in [5.74, 6) is 0. The normalized spacial score (nSPS) is 10.2. The molecule has 0 saturated carbocycles. The number of benzene rings is 2. The van der Waals surface area contributed by atoms with E-state index in [4.69, 9.17) is 12.2 Å². The van der Waals surface area contributed by atoms with Gasteiger partial charge in [-0.2, -0.15) is 0 Å². The Morgan fingerprint density at radius 1 is 1.05 bits per heavy atom. The molecule has 0 fully saturated rings. The average molecular weight is 363 g/mol. The highest BCUT2D eigenvalue weighted by atomic mass is 79.9. The van der Waals surface area contributed by atoms with Gasteiger partial charge in [0.05, 0.1) is 0 Å². The van der Waals surface area contributed by atoms with Crippen LogP contribution in [0.25, 0.3) is 0 Å². The number of hydrogen-bond donors (Lipinski definition) is 1.